The summed E-state index contributed by atoms with van der Waals surface area (Å²) < 4.78 is 0. The second kappa shape index (κ2) is 8.81. The van der Waals surface area contributed by atoms with Crippen LogP contribution in [0.3, 0.4) is 0 Å². The Morgan fingerprint density at radius 3 is 2.52 bits per heavy atom. The van der Waals surface area contributed by atoms with Gasteiger partial charge in [0.2, 0.25) is 5.95 Å². The quantitative estimate of drug-likeness (QED) is 0.802. The Balaban J connectivity index is 2.05. The van der Waals surface area contributed by atoms with Gasteiger partial charge in [0.25, 0.3) is 5.91 Å². The van der Waals surface area contributed by atoms with Crippen molar-refractivity contribution in [2.75, 3.05) is 37.6 Å². The molecule has 140 valence electrons. The second-order valence-corrected chi connectivity index (χ2v) is 7.49. The van der Waals surface area contributed by atoms with Crippen LogP contribution >= 0.6 is 11.6 Å². The number of amides is 1. The van der Waals surface area contributed by atoms with Gasteiger partial charge in [-0.25, -0.2) is 9.97 Å². The lowest BCUT2D eigenvalue weighted by atomic mass is 9.98. The minimum absolute atomic E-state index is 0.0860. The lowest BCUT2D eigenvalue weighted by molar-refractivity contribution is 0.0794. The maximum atomic E-state index is 12.6. The molecule has 1 aromatic rings. The predicted octanol–water partition coefficient (Wildman–Crippen LogP) is 2.97. The molecule has 1 saturated heterocycles. The van der Waals surface area contributed by atoms with Crippen molar-refractivity contribution in [3.05, 3.63) is 16.9 Å². The van der Waals surface area contributed by atoms with Crippen LogP contribution in [-0.4, -0.2) is 59.0 Å². The average Bonchev–Trinajstić information content (AvgIpc) is 2.63. The number of aromatic nitrogens is 2. The van der Waals surface area contributed by atoms with E-state index in [1.807, 2.05) is 18.7 Å². The minimum atomic E-state index is -0.245. The molecular formula is C18H30ClN5O. The van der Waals surface area contributed by atoms with E-state index in [4.69, 9.17) is 11.6 Å². The highest BCUT2D eigenvalue weighted by Crippen LogP contribution is 2.21. The number of hydrogen-bond acceptors (Lipinski definition) is 5. The first-order valence-electron chi connectivity index (χ1n) is 9.19. The lowest BCUT2D eigenvalue weighted by Crippen LogP contribution is -2.53. The Bertz CT molecular complexity index is 583. The third kappa shape index (κ3) is 5.05. The van der Waals surface area contributed by atoms with Crippen molar-refractivity contribution >= 4 is 23.5 Å². The molecule has 2 heterocycles. The van der Waals surface area contributed by atoms with Crippen LogP contribution in [0.2, 0.25) is 5.02 Å². The number of anilines is 1. The summed E-state index contributed by atoms with van der Waals surface area (Å²) in [6.45, 7) is 12.7. The Hall–Kier alpha value is -1.40. The molecule has 0 aliphatic carbocycles. The van der Waals surface area contributed by atoms with Crippen molar-refractivity contribution in [3.63, 3.8) is 0 Å². The SMILES string of the molecule is CCN(CC)c1ncc(Cl)c(C(=O)NCC(C)(C)N2CCCCC2)n1. The van der Waals surface area contributed by atoms with Gasteiger partial charge in [-0.05, 0) is 53.6 Å². The standard InChI is InChI=1S/C18H30ClN5O/c1-5-23(6-2)17-20-12-14(19)15(22-17)16(25)21-13-18(3,4)24-10-8-7-9-11-24/h12H,5-11,13H2,1-4H3,(H,21,25). The summed E-state index contributed by atoms with van der Waals surface area (Å²) in [6.07, 6.45) is 5.25. The van der Waals surface area contributed by atoms with Gasteiger partial charge in [-0.2, -0.15) is 0 Å². The van der Waals surface area contributed by atoms with Crippen LogP contribution in [0.4, 0.5) is 5.95 Å². The molecule has 0 radical (unpaired) electrons. The molecule has 0 aromatic carbocycles. The number of likely N-dealkylation sites (tertiary alicyclic amines) is 1. The number of hydrogen-bond donors (Lipinski definition) is 1. The smallest absolute Gasteiger partial charge is 0.271 e. The molecule has 0 spiro atoms. The van der Waals surface area contributed by atoms with Crippen LogP contribution in [0.15, 0.2) is 6.20 Å². The third-order valence-corrected chi connectivity index (χ3v) is 5.16. The highest BCUT2D eigenvalue weighted by molar-refractivity contribution is 6.33. The average molecular weight is 368 g/mol. The zero-order chi connectivity index (χ0) is 18.4. The molecule has 1 aliphatic rings. The van der Waals surface area contributed by atoms with Crippen molar-refractivity contribution in [1.29, 1.82) is 0 Å². The van der Waals surface area contributed by atoms with Gasteiger partial charge in [-0.15, -0.1) is 0 Å². The fourth-order valence-electron chi connectivity index (χ4n) is 3.17. The monoisotopic (exact) mass is 367 g/mol. The van der Waals surface area contributed by atoms with Crippen LogP contribution in [0.1, 0.15) is 57.4 Å². The number of piperidine rings is 1. The molecule has 1 amide bonds. The van der Waals surface area contributed by atoms with Crippen LogP contribution in [0, 0.1) is 0 Å². The Morgan fingerprint density at radius 2 is 1.92 bits per heavy atom. The summed E-state index contributed by atoms with van der Waals surface area (Å²) >= 11 is 6.17. The minimum Gasteiger partial charge on any atom is -0.349 e. The fraction of sp³-hybridized carbons (Fsp3) is 0.722. The van der Waals surface area contributed by atoms with Gasteiger partial charge in [0.15, 0.2) is 5.69 Å². The maximum absolute atomic E-state index is 12.6. The first-order valence-corrected chi connectivity index (χ1v) is 9.57. The van der Waals surface area contributed by atoms with Gasteiger partial charge < -0.3 is 10.2 Å². The van der Waals surface area contributed by atoms with Gasteiger partial charge in [-0.1, -0.05) is 18.0 Å². The van der Waals surface area contributed by atoms with E-state index in [0.29, 0.717) is 12.5 Å². The summed E-state index contributed by atoms with van der Waals surface area (Å²) in [7, 11) is 0. The first kappa shape index (κ1) is 19.9. The van der Waals surface area contributed by atoms with E-state index >= 15 is 0 Å². The van der Waals surface area contributed by atoms with E-state index in [9.17, 15) is 4.79 Å². The summed E-state index contributed by atoms with van der Waals surface area (Å²) in [5.74, 6) is 0.292. The molecule has 1 aromatic heterocycles. The van der Waals surface area contributed by atoms with E-state index in [1.165, 1.54) is 25.5 Å². The first-order chi connectivity index (χ1) is 11.9. The third-order valence-electron chi connectivity index (χ3n) is 4.89. The van der Waals surface area contributed by atoms with Gasteiger partial charge >= 0.3 is 0 Å². The Kier molecular flexibility index (Phi) is 7.02. The molecule has 0 bridgehead atoms. The van der Waals surface area contributed by atoms with Crippen molar-refractivity contribution in [3.8, 4) is 0 Å². The van der Waals surface area contributed by atoms with Crippen molar-refractivity contribution in [1.82, 2.24) is 20.2 Å². The van der Waals surface area contributed by atoms with Crippen LogP contribution in [0.5, 0.6) is 0 Å². The predicted molar refractivity (Wildman–Crippen MR) is 102 cm³/mol. The molecule has 1 fully saturated rings. The maximum Gasteiger partial charge on any atom is 0.271 e. The summed E-state index contributed by atoms with van der Waals surface area (Å²) in [5, 5.41) is 3.29. The van der Waals surface area contributed by atoms with Crippen molar-refractivity contribution in [2.24, 2.45) is 0 Å². The largest absolute Gasteiger partial charge is 0.349 e. The summed E-state index contributed by atoms with van der Waals surface area (Å²) in [4.78, 5) is 25.7. The van der Waals surface area contributed by atoms with Crippen molar-refractivity contribution in [2.45, 2.75) is 52.5 Å². The summed E-state index contributed by atoms with van der Waals surface area (Å²) in [5.41, 5.74) is 0.158. The molecule has 0 saturated carbocycles. The number of halogens is 1. The summed E-state index contributed by atoms with van der Waals surface area (Å²) in [6, 6.07) is 0. The van der Waals surface area contributed by atoms with Crippen LogP contribution in [0.25, 0.3) is 0 Å². The zero-order valence-corrected chi connectivity index (χ0v) is 16.6. The van der Waals surface area contributed by atoms with E-state index < -0.39 is 0 Å². The Labute approximate surface area is 156 Å². The topological polar surface area (TPSA) is 61.4 Å². The van der Waals surface area contributed by atoms with Crippen molar-refractivity contribution < 1.29 is 4.79 Å². The molecule has 25 heavy (non-hydrogen) atoms. The van der Waals surface area contributed by atoms with Crippen LogP contribution < -0.4 is 10.2 Å². The molecule has 2 rings (SSSR count). The molecule has 0 atom stereocenters. The van der Waals surface area contributed by atoms with Gasteiger partial charge in [0, 0.05) is 25.2 Å². The van der Waals surface area contributed by atoms with Gasteiger partial charge in [0.05, 0.1) is 11.2 Å². The molecule has 7 heteroatoms. The highest BCUT2D eigenvalue weighted by Gasteiger charge is 2.29. The van der Waals surface area contributed by atoms with E-state index in [1.54, 1.807) is 0 Å². The number of rotatable bonds is 7. The number of carbonyl (C=O) groups excluding carboxylic acids is 1. The Morgan fingerprint density at radius 1 is 1.28 bits per heavy atom. The number of carbonyl (C=O) groups is 1. The molecular weight excluding hydrogens is 338 g/mol. The second-order valence-electron chi connectivity index (χ2n) is 7.08. The number of nitrogens with zero attached hydrogens (tertiary/aromatic N) is 4. The van der Waals surface area contributed by atoms with Gasteiger partial charge in [0.1, 0.15) is 0 Å². The zero-order valence-electron chi connectivity index (χ0n) is 15.8. The van der Waals surface area contributed by atoms with E-state index in [-0.39, 0.29) is 22.2 Å². The van der Waals surface area contributed by atoms with Crippen LogP contribution in [-0.2, 0) is 0 Å². The lowest BCUT2D eigenvalue weighted by Gasteiger charge is -2.41. The number of nitrogens with one attached hydrogen (secondary N) is 1. The molecule has 1 N–H and O–H groups in total. The highest BCUT2D eigenvalue weighted by atomic mass is 35.5. The van der Waals surface area contributed by atoms with E-state index in [2.05, 4.69) is 34.0 Å². The van der Waals surface area contributed by atoms with E-state index in [0.717, 1.165) is 26.2 Å². The normalized spacial score (nSPS) is 15.9. The molecule has 0 unspecified atom stereocenters. The van der Waals surface area contributed by atoms with Gasteiger partial charge in [-0.3, -0.25) is 9.69 Å². The molecule has 6 nitrogen and oxygen atoms in total. The molecule has 1 aliphatic heterocycles. The fourth-order valence-corrected chi connectivity index (χ4v) is 3.34.